The summed E-state index contributed by atoms with van der Waals surface area (Å²) in [5.41, 5.74) is 2.92. The van der Waals surface area contributed by atoms with Crippen molar-refractivity contribution in [3.05, 3.63) is 35.4 Å². The van der Waals surface area contributed by atoms with Gasteiger partial charge in [-0.05, 0) is 44.2 Å². The molecule has 1 atom stereocenters. The lowest BCUT2D eigenvalue weighted by molar-refractivity contribution is 0.358. The molecular formula is C18H29N. The fourth-order valence-corrected chi connectivity index (χ4v) is 3.25. The van der Waals surface area contributed by atoms with Crippen molar-refractivity contribution < 1.29 is 0 Å². The molecule has 0 bridgehead atoms. The van der Waals surface area contributed by atoms with Gasteiger partial charge < -0.3 is 5.32 Å². The molecule has 1 saturated carbocycles. The molecule has 1 aliphatic carbocycles. The fraction of sp³-hybridized carbons (Fsp3) is 0.667. The minimum Gasteiger partial charge on any atom is -0.311 e. The Hall–Kier alpha value is -0.820. The van der Waals surface area contributed by atoms with E-state index in [9.17, 15) is 0 Å². The second-order valence-corrected chi connectivity index (χ2v) is 6.24. The van der Waals surface area contributed by atoms with Gasteiger partial charge in [0.05, 0.1) is 0 Å². The zero-order chi connectivity index (χ0) is 13.5. The lowest BCUT2D eigenvalue weighted by Gasteiger charge is -2.25. The molecule has 0 heterocycles. The minimum absolute atomic E-state index is 0.588. The minimum atomic E-state index is 0.588. The van der Waals surface area contributed by atoms with Crippen LogP contribution in [0.3, 0.4) is 0 Å². The first kappa shape index (κ1) is 14.6. The predicted octanol–water partition coefficient (Wildman–Crippen LogP) is 4.63. The summed E-state index contributed by atoms with van der Waals surface area (Å²) in [4.78, 5) is 0. The zero-order valence-electron chi connectivity index (χ0n) is 12.6. The smallest absolute Gasteiger partial charge is 0.00818 e. The van der Waals surface area contributed by atoms with Gasteiger partial charge >= 0.3 is 0 Å². The van der Waals surface area contributed by atoms with Crippen molar-refractivity contribution in [2.75, 3.05) is 0 Å². The average molecular weight is 259 g/mol. The normalized spacial score (nSPS) is 19.7. The highest BCUT2D eigenvalue weighted by molar-refractivity contribution is 5.26. The van der Waals surface area contributed by atoms with Crippen LogP contribution in [0.2, 0.25) is 0 Å². The van der Waals surface area contributed by atoms with Crippen molar-refractivity contribution in [1.82, 2.24) is 5.32 Å². The first-order valence-electron chi connectivity index (χ1n) is 8.06. The number of aryl methyl sites for hydroxylation is 1. The largest absolute Gasteiger partial charge is 0.311 e. The summed E-state index contributed by atoms with van der Waals surface area (Å²) in [5.74, 6) is 0. The summed E-state index contributed by atoms with van der Waals surface area (Å²) in [6.45, 7) is 4.56. The van der Waals surface area contributed by atoms with Gasteiger partial charge in [0.15, 0.2) is 0 Å². The Kier molecular flexibility index (Phi) is 5.91. The summed E-state index contributed by atoms with van der Waals surface area (Å²) in [6.07, 6.45) is 11.0. The molecule has 1 nitrogen and oxygen atoms in total. The van der Waals surface area contributed by atoms with Crippen molar-refractivity contribution >= 4 is 0 Å². The first-order chi connectivity index (χ1) is 9.25. The van der Waals surface area contributed by atoms with E-state index >= 15 is 0 Å². The van der Waals surface area contributed by atoms with Crippen LogP contribution in [0.4, 0.5) is 0 Å². The number of hydrogen-bond acceptors (Lipinski definition) is 1. The van der Waals surface area contributed by atoms with Crippen LogP contribution in [0.1, 0.15) is 63.0 Å². The van der Waals surface area contributed by atoms with Crippen LogP contribution in [0.5, 0.6) is 0 Å². The monoisotopic (exact) mass is 259 g/mol. The third-order valence-electron chi connectivity index (χ3n) is 4.41. The van der Waals surface area contributed by atoms with Crippen LogP contribution in [0, 0.1) is 6.92 Å². The Morgan fingerprint density at radius 1 is 1.05 bits per heavy atom. The Morgan fingerprint density at radius 2 is 1.68 bits per heavy atom. The molecule has 1 heteroatoms. The lowest BCUT2D eigenvalue weighted by atomic mass is 9.95. The van der Waals surface area contributed by atoms with E-state index in [-0.39, 0.29) is 0 Å². The maximum absolute atomic E-state index is 3.86. The van der Waals surface area contributed by atoms with E-state index in [1.165, 1.54) is 56.1 Å². The van der Waals surface area contributed by atoms with Crippen LogP contribution < -0.4 is 5.32 Å². The Morgan fingerprint density at radius 3 is 2.37 bits per heavy atom. The van der Waals surface area contributed by atoms with Crippen molar-refractivity contribution in [3.63, 3.8) is 0 Å². The summed E-state index contributed by atoms with van der Waals surface area (Å²) in [6, 6.07) is 10.1. The second kappa shape index (κ2) is 7.69. The summed E-state index contributed by atoms with van der Waals surface area (Å²) < 4.78 is 0. The highest BCUT2D eigenvalue weighted by Crippen LogP contribution is 2.18. The van der Waals surface area contributed by atoms with E-state index in [1.807, 2.05) is 0 Å². The molecule has 0 saturated heterocycles. The van der Waals surface area contributed by atoms with E-state index in [4.69, 9.17) is 0 Å². The Labute approximate surface area is 118 Å². The van der Waals surface area contributed by atoms with Gasteiger partial charge in [-0.2, -0.15) is 0 Å². The van der Waals surface area contributed by atoms with Crippen LogP contribution in [0.25, 0.3) is 0 Å². The maximum atomic E-state index is 3.86. The number of rotatable bonds is 4. The molecule has 106 valence electrons. The molecule has 1 aliphatic rings. The number of hydrogen-bond donors (Lipinski definition) is 1. The molecule has 1 fully saturated rings. The van der Waals surface area contributed by atoms with Crippen LogP contribution in [0.15, 0.2) is 24.3 Å². The van der Waals surface area contributed by atoms with Crippen molar-refractivity contribution in [3.8, 4) is 0 Å². The van der Waals surface area contributed by atoms with Crippen LogP contribution >= 0.6 is 0 Å². The highest BCUT2D eigenvalue weighted by Gasteiger charge is 2.14. The molecule has 0 aliphatic heterocycles. The molecule has 1 unspecified atom stereocenters. The molecule has 0 aromatic heterocycles. The molecule has 1 aromatic carbocycles. The SMILES string of the molecule is Cc1ccccc1CC(C)NC1CCCCCCC1. The van der Waals surface area contributed by atoms with Gasteiger partial charge in [-0.15, -0.1) is 0 Å². The molecule has 2 rings (SSSR count). The van der Waals surface area contributed by atoms with Crippen LogP contribution in [-0.2, 0) is 6.42 Å². The first-order valence-corrected chi connectivity index (χ1v) is 8.06. The van der Waals surface area contributed by atoms with Gasteiger partial charge in [0, 0.05) is 12.1 Å². The Balaban J connectivity index is 1.82. The lowest BCUT2D eigenvalue weighted by Crippen LogP contribution is -2.38. The van der Waals surface area contributed by atoms with Crippen molar-refractivity contribution in [1.29, 1.82) is 0 Å². The Bertz CT molecular complexity index is 364. The van der Waals surface area contributed by atoms with E-state index in [0.717, 1.165) is 12.5 Å². The topological polar surface area (TPSA) is 12.0 Å². The van der Waals surface area contributed by atoms with Gasteiger partial charge in [-0.1, -0.05) is 56.4 Å². The molecule has 1 N–H and O–H groups in total. The third-order valence-corrected chi connectivity index (χ3v) is 4.41. The molecule has 1 aromatic rings. The van der Waals surface area contributed by atoms with E-state index in [2.05, 4.69) is 43.4 Å². The van der Waals surface area contributed by atoms with E-state index in [0.29, 0.717) is 6.04 Å². The quantitative estimate of drug-likeness (QED) is 0.831. The van der Waals surface area contributed by atoms with Gasteiger partial charge in [-0.25, -0.2) is 0 Å². The maximum Gasteiger partial charge on any atom is 0.00818 e. The third kappa shape index (κ3) is 4.99. The van der Waals surface area contributed by atoms with Crippen LogP contribution in [-0.4, -0.2) is 12.1 Å². The standard InChI is InChI=1S/C18H29N/c1-15-10-8-9-11-17(15)14-16(2)19-18-12-6-4-3-5-7-13-18/h8-11,16,18-19H,3-7,12-14H2,1-2H3. The molecule has 0 spiro atoms. The fourth-order valence-electron chi connectivity index (χ4n) is 3.25. The zero-order valence-corrected chi connectivity index (χ0v) is 12.6. The van der Waals surface area contributed by atoms with Gasteiger partial charge in [0.25, 0.3) is 0 Å². The molecule has 19 heavy (non-hydrogen) atoms. The van der Waals surface area contributed by atoms with Crippen molar-refractivity contribution in [2.24, 2.45) is 0 Å². The second-order valence-electron chi connectivity index (χ2n) is 6.24. The van der Waals surface area contributed by atoms with Crippen molar-refractivity contribution in [2.45, 2.75) is 77.3 Å². The summed E-state index contributed by atoms with van der Waals surface area (Å²) in [5, 5.41) is 3.86. The molecule has 0 amide bonds. The van der Waals surface area contributed by atoms with E-state index < -0.39 is 0 Å². The number of benzene rings is 1. The van der Waals surface area contributed by atoms with Gasteiger partial charge in [0.1, 0.15) is 0 Å². The summed E-state index contributed by atoms with van der Waals surface area (Å²) in [7, 11) is 0. The highest BCUT2D eigenvalue weighted by atomic mass is 14.9. The number of nitrogens with one attached hydrogen (secondary N) is 1. The molecule has 0 radical (unpaired) electrons. The molecular weight excluding hydrogens is 230 g/mol. The predicted molar refractivity (Wildman–Crippen MR) is 83.6 cm³/mol. The van der Waals surface area contributed by atoms with Gasteiger partial charge in [-0.3, -0.25) is 0 Å². The average Bonchev–Trinajstić information content (AvgIpc) is 2.35. The van der Waals surface area contributed by atoms with Gasteiger partial charge in [0.2, 0.25) is 0 Å². The summed E-state index contributed by atoms with van der Waals surface area (Å²) >= 11 is 0. The van der Waals surface area contributed by atoms with E-state index in [1.54, 1.807) is 0 Å².